The summed E-state index contributed by atoms with van der Waals surface area (Å²) in [6.45, 7) is 21.6. The Morgan fingerprint density at radius 1 is 0.441 bits per heavy atom. The van der Waals surface area contributed by atoms with Crippen molar-refractivity contribution >= 4 is 200 Å². The molecule has 20 rings (SSSR count). The smallest absolute Gasteiger partial charge is 0.410 e. The minimum atomic E-state index is -1.14. The van der Waals surface area contributed by atoms with Crippen LogP contribution in [0.2, 0.25) is 0 Å². The number of amides is 4. The van der Waals surface area contributed by atoms with Gasteiger partial charge in [0.2, 0.25) is 5.91 Å². The number of allylic oxidation sites excluding steroid dienone is 4. The van der Waals surface area contributed by atoms with Gasteiger partial charge in [-0.1, -0.05) is 18.2 Å². The van der Waals surface area contributed by atoms with Crippen LogP contribution in [0.1, 0.15) is 136 Å². The molecule has 14 heterocycles. The number of esters is 1. The van der Waals surface area contributed by atoms with Crippen LogP contribution in [0.3, 0.4) is 0 Å². The van der Waals surface area contributed by atoms with Crippen molar-refractivity contribution in [1.29, 1.82) is 0 Å². The Bertz CT molecular complexity index is 7290. The monoisotopic (exact) mass is 1940 g/mol. The first-order valence-corrected chi connectivity index (χ1v) is 43.4. The zero-order valence-electron chi connectivity index (χ0n) is 75.3. The predicted molar refractivity (Wildman–Crippen MR) is 503 cm³/mol. The third kappa shape index (κ3) is 21.3. The maximum absolute atomic E-state index is 14.9. The highest BCUT2D eigenvalue weighted by molar-refractivity contribution is 6.97. The summed E-state index contributed by atoms with van der Waals surface area (Å²) in [4.78, 5) is 161. The zero-order chi connectivity index (χ0) is 96.0. The molecule has 0 fully saturated rings. The summed E-state index contributed by atoms with van der Waals surface area (Å²) >= 11 is 8.98. The second kappa shape index (κ2) is 40.2. The number of carbonyl (C=O) groups excluding carboxylic acids is 12. The van der Waals surface area contributed by atoms with Gasteiger partial charge in [-0.2, -0.15) is 0 Å². The fourth-order valence-electron chi connectivity index (χ4n) is 17.1. The Kier molecular flexibility index (Phi) is 29.4. The van der Waals surface area contributed by atoms with Crippen LogP contribution in [0.4, 0.5) is 31.9 Å². The molecule has 3 N–H and O–H groups in total. The fourth-order valence-corrected chi connectivity index (χ4v) is 17.1. The number of aromatic nitrogens is 10. The van der Waals surface area contributed by atoms with E-state index in [-0.39, 0.29) is 115 Å². The van der Waals surface area contributed by atoms with E-state index < -0.39 is 62.9 Å². The number of hydrogen-bond donors (Lipinski definition) is 2. The number of nitrogens with two attached hydrogens (primary N) is 1. The Labute approximate surface area is 796 Å². The first-order chi connectivity index (χ1) is 63.6. The number of imidazole rings is 3. The zero-order valence-corrected chi connectivity index (χ0v) is 78.4. The molecule has 10 aromatic heterocycles. The number of rotatable bonds is 9. The lowest BCUT2D eigenvalue weighted by Crippen LogP contribution is -2.37. The van der Waals surface area contributed by atoms with E-state index in [0.29, 0.717) is 142 Å². The van der Waals surface area contributed by atoms with E-state index in [2.05, 4.69) is 57.3 Å². The molecule has 0 saturated heterocycles. The highest BCUT2D eigenvalue weighted by atomic mass is 35.5. The van der Waals surface area contributed by atoms with Crippen molar-refractivity contribution in [2.75, 3.05) is 33.3 Å². The number of ether oxygens (including phenoxy) is 4. The van der Waals surface area contributed by atoms with Gasteiger partial charge in [0.15, 0.2) is 23.1 Å². The number of primary amides is 1. The number of nitrogens with one attached hydrogen (secondary N) is 1. The van der Waals surface area contributed by atoms with Crippen LogP contribution in [0.5, 0.6) is 0 Å². The van der Waals surface area contributed by atoms with Crippen molar-refractivity contribution < 1.29 is 94.0 Å². The molecule has 2 aliphatic carbocycles. The molecule has 4 aliphatic heterocycles. The summed E-state index contributed by atoms with van der Waals surface area (Å²) < 4.78 is 91.4. The molecule has 14 aromatic rings. The van der Waals surface area contributed by atoms with Gasteiger partial charge in [0.1, 0.15) is 57.0 Å². The van der Waals surface area contributed by atoms with Gasteiger partial charge in [-0.25, -0.2) is 51.7 Å². The van der Waals surface area contributed by atoms with Crippen molar-refractivity contribution in [3.05, 3.63) is 250 Å². The average Bonchev–Trinajstić information content (AvgIpc) is 1.52. The van der Waals surface area contributed by atoms with Crippen molar-refractivity contribution in [1.82, 2.24) is 66.4 Å². The summed E-state index contributed by atoms with van der Waals surface area (Å²) in [5, 5.41) is 3.40. The third-order valence-corrected chi connectivity index (χ3v) is 22.9. The number of fused-ring (bicyclic) bond motifs is 3. The van der Waals surface area contributed by atoms with Crippen LogP contribution in [0, 0.1) is 23.3 Å². The Morgan fingerprint density at radius 2 is 0.824 bits per heavy atom. The Hall–Kier alpha value is -14.1. The number of carbonyl (C=O) groups is 12. The van der Waals surface area contributed by atoms with Gasteiger partial charge < -0.3 is 67.4 Å². The lowest BCUT2D eigenvalue weighted by Gasteiger charge is -2.26. The molecule has 39 heteroatoms. The quantitative estimate of drug-likeness (QED) is 0.0258. The molecule has 6 aliphatic rings. The number of ketones is 5. The van der Waals surface area contributed by atoms with Crippen LogP contribution in [-0.2, 0) is 116 Å². The molecule has 4 amide bonds. The van der Waals surface area contributed by atoms with E-state index >= 15 is 0 Å². The highest BCUT2D eigenvalue weighted by Gasteiger charge is 2.40. The highest BCUT2D eigenvalue weighted by Crippen LogP contribution is 2.44. The normalized spacial score (nSPS) is 14.6. The van der Waals surface area contributed by atoms with E-state index in [4.69, 9.17) is 19.9 Å². The van der Waals surface area contributed by atoms with Crippen molar-refractivity contribution in [3.63, 3.8) is 0 Å². The van der Waals surface area contributed by atoms with Crippen LogP contribution < -0.4 is 11.1 Å². The van der Waals surface area contributed by atoms with Gasteiger partial charge >= 0.3 is 34.7 Å². The summed E-state index contributed by atoms with van der Waals surface area (Å²) in [6, 6.07) is 30.0. The molecule has 136 heavy (non-hydrogen) atoms. The van der Waals surface area contributed by atoms with E-state index in [1.54, 1.807) is 91.3 Å². The molecular weight excluding hydrogens is 1850 g/mol. The first kappa shape index (κ1) is 99.3. The molecule has 0 unspecified atom stereocenters. The summed E-state index contributed by atoms with van der Waals surface area (Å²) in [6.07, 6.45) is 16.0. The average molecular weight is 1940 g/mol. The van der Waals surface area contributed by atoms with E-state index in [0.717, 1.165) is 58.1 Å². The maximum atomic E-state index is 14.9. The molecule has 31 nitrogen and oxygen atoms in total. The topological polar surface area (TPSA) is 361 Å². The summed E-state index contributed by atoms with van der Waals surface area (Å²) in [5.74, 6) is -4.90. The molecular formula is C97H93Cl4F4N15O16. The number of Topliss-reactive ketones (excluding diaryl/α,β-unsaturated/α-hetero) is 5. The SMILES string of the molecule is CC(C)(C)OC(=O)N1CCn2cc(C3=C(c4cnc5ccccn45)C(=O)CC3=O)c3cc(F)cc(c32)C1.CC(C)(C)OC(=O)N1CCn2ccc3cc(F)cc(c32)C1.COC(=O)C(=O)c1cn2c3c(cc(F)cc13)CN(C(=O)OC(C)(C)C)CC2.Cl.Cl.NC(=O)Cc1cnc2ccccn12.O=C(Cl)C(=O)Cl.O=C1CC(=O)C(c2cnc3ccccn23)=C1c1cn2c3c(cc(F)cc13)CNCC2. The number of methoxy groups -OCH3 is 1. The van der Waals surface area contributed by atoms with Gasteiger partial charge in [-0.05, 0) is 199 Å². The number of pyridine rings is 3. The van der Waals surface area contributed by atoms with Gasteiger partial charge in [0.25, 0.3) is 5.78 Å². The van der Waals surface area contributed by atoms with Crippen LogP contribution in [0.25, 0.3) is 82.8 Å². The van der Waals surface area contributed by atoms with Gasteiger partial charge in [0, 0.05) is 152 Å². The van der Waals surface area contributed by atoms with E-state index in [9.17, 15) is 75.1 Å². The fraction of sp³-hybridized carbons (Fsp3) is 0.289. The van der Waals surface area contributed by atoms with Gasteiger partial charge in [0.05, 0.1) is 114 Å². The lowest BCUT2D eigenvalue weighted by atomic mass is 9.98. The molecule has 708 valence electrons. The summed E-state index contributed by atoms with van der Waals surface area (Å²) in [7, 11) is 1.12. The van der Waals surface area contributed by atoms with Crippen LogP contribution >= 0.6 is 48.0 Å². The Balaban J connectivity index is 0.000000145. The molecule has 0 spiro atoms. The summed E-state index contributed by atoms with van der Waals surface area (Å²) in [5.41, 5.74) is 16.0. The van der Waals surface area contributed by atoms with Crippen molar-refractivity contribution in [2.24, 2.45) is 5.73 Å². The standard InChI is InChI=1S/C28H25FN4O4.C23H17FN4O2.C19H21FN2O5.C16H19FN2O2.C9H9N3O.C2Cl2O2.2ClH/c1-28(2,3)37-27(36)32-9-8-31-15-19(18-11-17(29)10-16(14-32)26(18)31)24-21(34)12-22(35)25(24)20-13-30-23-6-4-5-7-33(20)23;24-14-7-13-10-25-4-6-27-12-16(15(8-14)23(13)27)21-18(29)9-19(30)22(21)17-11-26-20-3-1-2-5-28(17)20;1-19(2,3)27-18(25)22-6-5-21-10-14(16(23)17(24)26-4)13-8-12(20)7-11(9-22)15(13)21;1-16(2,3)21-15(20)19-7-6-18-5-4-11-8-13(17)9-12(10-19)14(11)18;10-8(13)5-7-6-11-9-3-1-2-4-12(7)9;3-1(5)2(4)6;;/h4-7,10-11,13,15H,8-9,12,14H2,1-3H3;1-3,5,7-8,11-12,25H,4,6,9-10H2;7-8,10H,5-6,9H2,1-4H3;4-5,8-9H,6-7,10H2,1-3H3;1-4,6H,5H2,(H2,10,13);;2*1H. The van der Waals surface area contributed by atoms with Crippen LogP contribution in [-0.4, -0.2) is 181 Å². The molecule has 0 radical (unpaired) electrons. The number of benzene rings is 4. The first-order valence-electron chi connectivity index (χ1n) is 42.6. The second-order valence-corrected chi connectivity index (χ2v) is 36.1. The molecule has 4 aromatic carbocycles. The molecule has 0 saturated carbocycles. The second-order valence-electron chi connectivity index (χ2n) is 35.4. The van der Waals surface area contributed by atoms with Crippen molar-refractivity contribution in [2.45, 2.75) is 151 Å². The molecule has 0 bridgehead atoms. The number of hydrogen-bond acceptors (Lipinski definition) is 20. The minimum absolute atomic E-state index is 0. The van der Waals surface area contributed by atoms with Gasteiger partial charge in [-0.15, -0.1) is 24.8 Å². The lowest BCUT2D eigenvalue weighted by molar-refractivity contribution is -0.135. The molecule has 0 atom stereocenters. The Morgan fingerprint density at radius 3 is 1.27 bits per heavy atom. The van der Waals surface area contributed by atoms with Crippen LogP contribution in [0.15, 0.2) is 171 Å². The third-order valence-electron chi connectivity index (χ3n) is 22.4. The van der Waals surface area contributed by atoms with Crippen molar-refractivity contribution in [3.8, 4) is 0 Å². The van der Waals surface area contributed by atoms with Gasteiger partial charge in [-0.3, -0.25) is 47.2 Å². The largest absolute Gasteiger partial charge is 0.463 e. The van der Waals surface area contributed by atoms with E-state index in [1.807, 2.05) is 120 Å². The minimum Gasteiger partial charge on any atom is -0.463 e. The maximum Gasteiger partial charge on any atom is 0.410 e. The predicted octanol–water partition coefficient (Wildman–Crippen LogP) is 15.8. The number of nitrogens with zero attached hydrogens (tertiary/aromatic N) is 13. The number of halogens is 8. The van der Waals surface area contributed by atoms with E-state index in [1.165, 1.54) is 59.6 Å².